The molecule has 0 bridgehead atoms. The van der Waals surface area contributed by atoms with E-state index in [2.05, 4.69) is 5.48 Å². The predicted octanol–water partition coefficient (Wildman–Crippen LogP) is 1.18. The van der Waals surface area contributed by atoms with Gasteiger partial charge >= 0.3 is 0 Å². The number of pyridine rings is 1. The van der Waals surface area contributed by atoms with E-state index < -0.39 is 5.91 Å². The van der Waals surface area contributed by atoms with Crippen LogP contribution in [0.25, 0.3) is 0 Å². The zero-order valence-electron chi connectivity index (χ0n) is 9.58. The van der Waals surface area contributed by atoms with Gasteiger partial charge in [-0.1, -0.05) is 30.3 Å². The van der Waals surface area contributed by atoms with Crippen LogP contribution in [0.5, 0.6) is 0 Å². The van der Waals surface area contributed by atoms with Gasteiger partial charge < -0.3 is 5.21 Å². The minimum absolute atomic E-state index is 0.251. The highest BCUT2D eigenvalue weighted by molar-refractivity contribution is 5.92. The van der Waals surface area contributed by atoms with Crippen LogP contribution < -0.4 is 10.2 Å². The molecule has 18 heavy (non-hydrogen) atoms. The molecule has 0 aliphatic heterocycles. The summed E-state index contributed by atoms with van der Waals surface area (Å²) in [6.07, 6.45) is 2.49. The summed E-state index contributed by atoms with van der Waals surface area (Å²) in [7, 11) is 0. The van der Waals surface area contributed by atoms with Crippen LogP contribution >= 0.6 is 0 Å². The average Bonchev–Trinajstić information content (AvgIpc) is 2.40. The number of rotatable bonds is 4. The summed E-state index contributed by atoms with van der Waals surface area (Å²) in [5.74, 6) is -0.448. The molecule has 2 rings (SSSR count). The molecular weight excluding hydrogens is 232 g/mol. The van der Waals surface area contributed by atoms with Gasteiger partial charge in [0, 0.05) is 6.07 Å². The lowest BCUT2D eigenvalue weighted by Gasteiger charge is -2.05. The fraction of sp³-hybridized carbons (Fsp3) is 0.0769. The van der Waals surface area contributed by atoms with Gasteiger partial charge in [-0.25, -0.2) is 5.48 Å². The molecule has 0 aliphatic carbocycles. The lowest BCUT2D eigenvalue weighted by atomic mass is 10.2. The number of carbonyl (C=O) groups excluding carboxylic acids is 1. The Labute approximate surface area is 104 Å². The van der Waals surface area contributed by atoms with Crippen LogP contribution in [0.4, 0.5) is 0 Å². The van der Waals surface area contributed by atoms with Crippen molar-refractivity contribution in [2.24, 2.45) is 0 Å². The molecule has 0 unspecified atom stereocenters. The monoisotopic (exact) mass is 244 g/mol. The van der Waals surface area contributed by atoms with Crippen molar-refractivity contribution < 1.29 is 14.4 Å². The minimum Gasteiger partial charge on any atom is -0.619 e. The Morgan fingerprint density at radius 3 is 2.72 bits per heavy atom. The molecule has 1 heterocycles. The second-order valence-corrected chi connectivity index (χ2v) is 3.66. The highest BCUT2D eigenvalue weighted by atomic mass is 16.6. The van der Waals surface area contributed by atoms with Gasteiger partial charge in [0.2, 0.25) is 0 Å². The third-order valence-electron chi connectivity index (χ3n) is 2.28. The zero-order chi connectivity index (χ0) is 12.8. The standard InChI is InChI=1S/C13H12N2O3/c16-13(12-7-4-8-15(17)9-12)14-18-10-11-5-2-1-3-6-11/h1-9H,10H2,(H,14,16). The summed E-state index contributed by atoms with van der Waals surface area (Å²) in [5, 5.41) is 11.0. The summed E-state index contributed by atoms with van der Waals surface area (Å²) in [5.41, 5.74) is 3.48. The third kappa shape index (κ3) is 3.29. The highest BCUT2D eigenvalue weighted by Gasteiger charge is 2.08. The van der Waals surface area contributed by atoms with Crippen LogP contribution in [-0.4, -0.2) is 5.91 Å². The van der Waals surface area contributed by atoms with Gasteiger partial charge in [0.05, 0.1) is 6.61 Å². The van der Waals surface area contributed by atoms with E-state index in [4.69, 9.17) is 4.84 Å². The molecule has 5 heteroatoms. The van der Waals surface area contributed by atoms with Crippen LogP contribution in [0, 0.1) is 5.21 Å². The SMILES string of the molecule is O=C(NOCc1ccccc1)c1ccc[n+]([O-])c1. The summed E-state index contributed by atoms with van der Waals surface area (Å²) in [4.78, 5) is 16.7. The second-order valence-electron chi connectivity index (χ2n) is 3.66. The molecule has 92 valence electrons. The smallest absolute Gasteiger partial charge is 0.280 e. The lowest BCUT2D eigenvalue weighted by molar-refractivity contribution is -0.605. The quantitative estimate of drug-likeness (QED) is 0.499. The van der Waals surface area contributed by atoms with Gasteiger partial charge in [-0.2, -0.15) is 4.73 Å². The molecule has 0 atom stereocenters. The van der Waals surface area contributed by atoms with Crippen LogP contribution in [0.2, 0.25) is 0 Å². The molecular formula is C13H12N2O3. The largest absolute Gasteiger partial charge is 0.619 e. The molecule has 1 aromatic heterocycles. The van der Waals surface area contributed by atoms with Crippen LogP contribution in [-0.2, 0) is 11.4 Å². The molecule has 1 aromatic carbocycles. The van der Waals surface area contributed by atoms with E-state index in [1.165, 1.54) is 24.5 Å². The first kappa shape index (κ1) is 12.1. The molecule has 1 N–H and O–H groups in total. The lowest BCUT2D eigenvalue weighted by Crippen LogP contribution is -2.30. The van der Waals surface area contributed by atoms with Crippen molar-refractivity contribution in [3.05, 3.63) is 71.2 Å². The van der Waals surface area contributed by atoms with E-state index >= 15 is 0 Å². The number of hydrogen-bond acceptors (Lipinski definition) is 3. The van der Waals surface area contributed by atoms with E-state index in [0.29, 0.717) is 4.73 Å². The van der Waals surface area contributed by atoms with Crippen molar-refractivity contribution in [1.82, 2.24) is 5.48 Å². The fourth-order valence-corrected chi connectivity index (χ4v) is 1.41. The molecule has 2 aromatic rings. The normalized spacial score (nSPS) is 10.0. The summed E-state index contributed by atoms with van der Waals surface area (Å²) in [6.45, 7) is 0.275. The summed E-state index contributed by atoms with van der Waals surface area (Å²) < 4.78 is 0.562. The van der Waals surface area contributed by atoms with Crippen molar-refractivity contribution in [3.8, 4) is 0 Å². The molecule has 0 fully saturated rings. The van der Waals surface area contributed by atoms with E-state index in [-0.39, 0.29) is 12.2 Å². The molecule has 0 spiro atoms. The van der Waals surface area contributed by atoms with Crippen molar-refractivity contribution >= 4 is 5.91 Å². The van der Waals surface area contributed by atoms with Crippen molar-refractivity contribution in [3.63, 3.8) is 0 Å². The maximum atomic E-state index is 11.6. The second kappa shape index (κ2) is 5.79. The first-order chi connectivity index (χ1) is 8.75. The number of hydrogen-bond donors (Lipinski definition) is 1. The first-order valence-electron chi connectivity index (χ1n) is 5.40. The van der Waals surface area contributed by atoms with Crippen LogP contribution in [0.3, 0.4) is 0 Å². The van der Waals surface area contributed by atoms with E-state index in [0.717, 1.165) is 5.56 Å². The van der Waals surface area contributed by atoms with Gasteiger partial charge in [-0.15, -0.1) is 0 Å². The van der Waals surface area contributed by atoms with Gasteiger partial charge in [0.25, 0.3) is 5.91 Å². The Hall–Kier alpha value is -2.40. The molecule has 0 saturated carbocycles. The van der Waals surface area contributed by atoms with E-state index in [1.54, 1.807) is 0 Å². The molecule has 5 nitrogen and oxygen atoms in total. The molecule has 0 saturated heterocycles. The van der Waals surface area contributed by atoms with E-state index in [1.807, 2.05) is 30.3 Å². The number of amides is 1. The minimum atomic E-state index is -0.448. The Morgan fingerprint density at radius 2 is 2.00 bits per heavy atom. The Bertz CT molecular complexity index is 529. The summed E-state index contributed by atoms with van der Waals surface area (Å²) >= 11 is 0. The van der Waals surface area contributed by atoms with Gasteiger partial charge in [0.1, 0.15) is 5.56 Å². The zero-order valence-corrected chi connectivity index (χ0v) is 9.58. The third-order valence-corrected chi connectivity index (χ3v) is 2.28. The number of carbonyl (C=O) groups is 1. The Balaban J connectivity index is 1.86. The number of nitrogens with one attached hydrogen (secondary N) is 1. The number of nitrogens with zero attached hydrogens (tertiary/aromatic N) is 1. The van der Waals surface area contributed by atoms with Crippen LogP contribution in [0.1, 0.15) is 15.9 Å². The molecule has 0 aliphatic rings. The maximum absolute atomic E-state index is 11.6. The van der Waals surface area contributed by atoms with E-state index in [9.17, 15) is 10.0 Å². The molecule has 0 radical (unpaired) electrons. The van der Waals surface area contributed by atoms with Crippen molar-refractivity contribution in [2.75, 3.05) is 0 Å². The van der Waals surface area contributed by atoms with Crippen molar-refractivity contribution in [2.45, 2.75) is 6.61 Å². The Morgan fingerprint density at radius 1 is 1.22 bits per heavy atom. The average molecular weight is 244 g/mol. The predicted molar refractivity (Wildman–Crippen MR) is 64.1 cm³/mol. The number of hydroxylamine groups is 1. The summed E-state index contributed by atoms with van der Waals surface area (Å²) in [6, 6.07) is 12.5. The van der Waals surface area contributed by atoms with Crippen LogP contribution in [0.15, 0.2) is 54.9 Å². The van der Waals surface area contributed by atoms with Crippen molar-refractivity contribution in [1.29, 1.82) is 0 Å². The first-order valence-corrected chi connectivity index (χ1v) is 5.40. The van der Waals surface area contributed by atoms with Gasteiger partial charge in [-0.3, -0.25) is 9.63 Å². The number of aromatic nitrogens is 1. The topological polar surface area (TPSA) is 65.3 Å². The maximum Gasteiger partial charge on any atom is 0.280 e. The Kier molecular flexibility index (Phi) is 3.88. The fourth-order valence-electron chi connectivity index (χ4n) is 1.41. The van der Waals surface area contributed by atoms with Gasteiger partial charge in [0.15, 0.2) is 12.4 Å². The number of benzene rings is 1. The highest BCUT2D eigenvalue weighted by Crippen LogP contribution is 2.00. The van der Waals surface area contributed by atoms with Gasteiger partial charge in [-0.05, 0) is 11.6 Å². The molecule has 1 amide bonds.